The van der Waals surface area contributed by atoms with E-state index in [0.29, 0.717) is 5.89 Å². The van der Waals surface area contributed by atoms with Crippen molar-refractivity contribution in [1.82, 2.24) is 4.98 Å². The zero-order valence-electron chi connectivity index (χ0n) is 5.38. The number of hydrogen-bond donors (Lipinski definition) is 2. The Morgan fingerprint density at radius 3 is 2.90 bits per heavy atom. The summed E-state index contributed by atoms with van der Waals surface area (Å²) < 4.78 is 4.89. The van der Waals surface area contributed by atoms with Gasteiger partial charge in [0.15, 0.2) is 0 Å². The Kier molecular flexibility index (Phi) is 1.56. The van der Waals surface area contributed by atoms with Crippen LogP contribution in [0, 0.1) is 13.5 Å². The maximum atomic E-state index is 6.61. The smallest absolute Gasteiger partial charge is 0.334 e. The van der Waals surface area contributed by atoms with Crippen LogP contribution < -0.4 is 11.3 Å². The molecule has 0 saturated heterocycles. The summed E-state index contributed by atoms with van der Waals surface area (Å²) in [5, 5.41) is 0. The van der Waals surface area contributed by atoms with Gasteiger partial charge in [0.05, 0.1) is 0 Å². The highest BCUT2D eigenvalue weighted by molar-refractivity contribution is 5.57. The van der Waals surface area contributed by atoms with E-state index in [1.54, 1.807) is 6.92 Å². The Bertz CT molecular complexity index is 272. The second-order valence-electron chi connectivity index (χ2n) is 1.64. The van der Waals surface area contributed by atoms with Gasteiger partial charge >= 0.3 is 5.82 Å². The standard InChI is InChI=1S/C5H6N4O/c1-3-8-4(7-2)5(9-6)10-3/h9H,6H2,1H3. The summed E-state index contributed by atoms with van der Waals surface area (Å²) >= 11 is 0. The van der Waals surface area contributed by atoms with Crippen LogP contribution in [0.15, 0.2) is 4.42 Å². The van der Waals surface area contributed by atoms with Crippen molar-refractivity contribution in [3.63, 3.8) is 0 Å². The van der Waals surface area contributed by atoms with E-state index in [-0.39, 0.29) is 11.7 Å². The Labute approximate surface area is 57.6 Å². The highest BCUT2D eigenvalue weighted by Gasteiger charge is 2.09. The van der Waals surface area contributed by atoms with E-state index in [0.717, 1.165) is 0 Å². The fourth-order valence-electron chi connectivity index (χ4n) is 0.586. The molecular formula is C5H6N4O. The lowest BCUT2D eigenvalue weighted by molar-refractivity contribution is 0.534. The molecule has 0 amide bonds. The van der Waals surface area contributed by atoms with Crippen LogP contribution >= 0.6 is 0 Å². The van der Waals surface area contributed by atoms with Gasteiger partial charge in [-0.1, -0.05) is 11.6 Å². The van der Waals surface area contributed by atoms with Crippen molar-refractivity contribution in [1.29, 1.82) is 0 Å². The first-order valence-corrected chi connectivity index (χ1v) is 2.59. The third kappa shape index (κ3) is 0.921. The van der Waals surface area contributed by atoms with Gasteiger partial charge in [0.25, 0.3) is 5.89 Å². The molecule has 1 rings (SSSR count). The molecule has 1 aromatic rings. The average molecular weight is 138 g/mol. The Balaban J connectivity index is 3.12. The number of aryl methyl sites for hydroxylation is 1. The summed E-state index contributed by atoms with van der Waals surface area (Å²) in [6, 6.07) is 0. The molecule has 0 radical (unpaired) electrons. The topological polar surface area (TPSA) is 68.4 Å². The molecular weight excluding hydrogens is 132 g/mol. The molecule has 0 saturated carbocycles. The van der Waals surface area contributed by atoms with Crippen LogP contribution in [0.1, 0.15) is 5.89 Å². The number of anilines is 1. The molecule has 0 unspecified atom stereocenters. The maximum absolute atomic E-state index is 6.61. The minimum Gasteiger partial charge on any atom is -0.416 e. The number of nitrogen functional groups attached to an aromatic ring is 1. The minimum atomic E-state index is 0.167. The van der Waals surface area contributed by atoms with Crippen LogP contribution in [0.2, 0.25) is 0 Å². The van der Waals surface area contributed by atoms with E-state index in [4.69, 9.17) is 16.8 Å². The van der Waals surface area contributed by atoms with Crippen LogP contribution in [-0.2, 0) is 0 Å². The van der Waals surface area contributed by atoms with Gasteiger partial charge in [-0.25, -0.2) is 5.84 Å². The lowest BCUT2D eigenvalue weighted by Gasteiger charge is -1.89. The van der Waals surface area contributed by atoms with Crippen LogP contribution in [0.5, 0.6) is 0 Å². The van der Waals surface area contributed by atoms with E-state index in [9.17, 15) is 0 Å². The molecule has 0 aliphatic heterocycles. The number of rotatable bonds is 1. The van der Waals surface area contributed by atoms with Crippen molar-refractivity contribution < 1.29 is 4.42 Å². The molecule has 0 aliphatic carbocycles. The summed E-state index contributed by atoms with van der Waals surface area (Å²) in [6.07, 6.45) is 0. The molecule has 5 nitrogen and oxygen atoms in total. The van der Waals surface area contributed by atoms with E-state index >= 15 is 0 Å². The monoisotopic (exact) mass is 138 g/mol. The third-order valence-corrected chi connectivity index (χ3v) is 0.953. The molecule has 0 atom stereocenters. The number of nitrogens with two attached hydrogens (primary N) is 1. The van der Waals surface area contributed by atoms with Crippen LogP contribution in [0.25, 0.3) is 4.85 Å². The number of nitrogens with one attached hydrogen (secondary N) is 1. The second-order valence-corrected chi connectivity index (χ2v) is 1.64. The molecule has 10 heavy (non-hydrogen) atoms. The normalized spacial score (nSPS) is 8.90. The van der Waals surface area contributed by atoms with Gasteiger partial charge < -0.3 is 14.7 Å². The summed E-state index contributed by atoms with van der Waals surface area (Å²) in [6.45, 7) is 8.26. The summed E-state index contributed by atoms with van der Waals surface area (Å²) in [7, 11) is 0. The van der Waals surface area contributed by atoms with Gasteiger partial charge in [-0.2, -0.15) is 0 Å². The fourth-order valence-corrected chi connectivity index (χ4v) is 0.586. The number of aromatic nitrogens is 1. The molecule has 5 heteroatoms. The van der Waals surface area contributed by atoms with E-state index < -0.39 is 0 Å². The lowest BCUT2D eigenvalue weighted by Crippen LogP contribution is -2.05. The zero-order valence-corrected chi connectivity index (χ0v) is 5.38. The molecule has 3 N–H and O–H groups in total. The number of oxazole rings is 1. The third-order valence-electron chi connectivity index (χ3n) is 0.953. The highest BCUT2D eigenvalue weighted by Crippen LogP contribution is 2.23. The SMILES string of the molecule is [C-]#[N+]c1nc(C)oc1NN. The predicted molar refractivity (Wildman–Crippen MR) is 35.3 cm³/mol. The van der Waals surface area contributed by atoms with Gasteiger partial charge in [0.2, 0.25) is 5.88 Å². The van der Waals surface area contributed by atoms with Crippen molar-refractivity contribution in [2.45, 2.75) is 6.92 Å². The first kappa shape index (κ1) is 6.58. The lowest BCUT2D eigenvalue weighted by atomic mass is 10.7. The molecule has 0 bridgehead atoms. The largest absolute Gasteiger partial charge is 0.416 e. The van der Waals surface area contributed by atoms with E-state index in [1.807, 2.05) is 0 Å². The Morgan fingerprint density at radius 1 is 1.80 bits per heavy atom. The number of hydrazine groups is 1. The first-order valence-electron chi connectivity index (χ1n) is 2.59. The van der Waals surface area contributed by atoms with Gasteiger partial charge in [0, 0.05) is 6.92 Å². The quantitative estimate of drug-likeness (QED) is 0.342. The number of nitrogens with zero attached hydrogens (tertiary/aromatic N) is 2. The fraction of sp³-hybridized carbons (Fsp3) is 0.200. The highest BCUT2D eigenvalue weighted by atomic mass is 16.4. The van der Waals surface area contributed by atoms with E-state index in [2.05, 4.69) is 15.3 Å². The van der Waals surface area contributed by atoms with Gasteiger partial charge in [-0.05, 0) is 0 Å². The Hall–Kier alpha value is -1.54. The summed E-state index contributed by atoms with van der Waals surface area (Å²) in [5.74, 6) is 5.82. The zero-order chi connectivity index (χ0) is 7.56. The van der Waals surface area contributed by atoms with Crippen molar-refractivity contribution in [2.75, 3.05) is 5.43 Å². The molecule has 1 aromatic heterocycles. The molecule has 0 aromatic carbocycles. The molecule has 1 heterocycles. The average Bonchev–Trinajstić information content (AvgIpc) is 2.30. The van der Waals surface area contributed by atoms with E-state index in [1.165, 1.54) is 0 Å². The van der Waals surface area contributed by atoms with Crippen LogP contribution in [0.4, 0.5) is 11.7 Å². The second kappa shape index (κ2) is 2.37. The van der Waals surface area contributed by atoms with Crippen LogP contribution in [0.3, 0.4) is 0 Å². The molecule has 0 fully saturated rings. The molecule has 52 valence electrons. The van der Waals surface area contributed by atoms with Crippen molar-refractivity contribution in [2.24, 2.45) is 5.84 Å². The molecule has 0 spiro atoms. The van der Waals surface area contributed by atoms with Gasteiger partial charge in [-0.3, -0.25) is 0 Å². The van der Waals surface area contributed by atoms with Gasteiger partial charge in [-0.15, -0.1) is 0 Å². The summed E-state index contributed by atoms with van der Waals surface area (Å²) in [4.78, 5) is 6.80. The Morgan fingerprint density at radius 2 is 2.50 bits per heavy atom. The summed E-state index contributed by atoms with van der Waals surface area (Å²) in [5.41, 5.74) is 2.22. The predicted octanol–water partition coefficient (Wildman–Crippen LogP) is 0.819. The van der Waals surface area contributed by atoms with Crippen molar-refractivity contribution in [3.05, 3.63) is 17.3 Å². The minimum absolute atomic E-state index is 0.167. The number of hydrogen-bond acceptors (Lipinski definition) is 4. The van der Waals surface area contributed by atoms with Gasteiger partial charge in [0.1, 0.15) is 0 Å². The van der Waals surface area contributed by atoms with Crippen molar-refractivity contribution >= 4 is 11.7 Å². The molecule has 0 aliphatic rings. The first-order chi connectivity index (χ1) is 4.77. The van der Waals surface area contributed by atoms with Crippen molar-refractivity contribution in [3.8, 4) is 0 Å². The maximum Gasteiger partial charge on any atom is 0.334 e. The van der Waals surface area contributed by atoms with Crippen LogP contribution in [-0.4, -0.2) is 4.98 Å².